The third kappa shape index (κ3) is 50.6. The van der Waals surface area contributed by atoms with Crippen LogP contribution in [0.5, 0.6) is 0 Å². The third-order valence-corrected chi connectivity index (χ3v) is 13.9. The van der Waals surface area contributed by atoms with Crippen LogP contribution in [0.15, 0.2) is 0 Å². The summed E-state index contributed by atoms with van der Waals surface area (Å²) in [6.45, 7) is 12.5. The SMILES string of the molecule is CCCCCCCCCCCCCCCCCC[N+](C)(CCCCCCCCCCCCCCCCCC)C(C)Cl.CCCCCCCCCCCCCCCCN. The maximum absolute atomic E-state index is 6.70. The van der Waals surface area contributed by atoms with E-state index in [0.29, 0.717) is 0 Å². The van der Waals surface area contributed by atoms with Crippen molar-refractivity contribution in [2.45, 2.75) is 329 Å². The molecule has 352 valence electrons. The third-order valence-electron chi connectivity index (χ3n) is 13.5. The largest absolute Gasteiger partial charge is 0.330 e. The van der Waals surface area contributed by atoms with Gasteiger partial charge in [-0.15, -0.1) is 0 Å². The van der Waals surface area contributed by atoms with Gasteiger partial charge in [0.2, 0.25) is 0 Å². The number of halogens is 1. The maximum Gasteiger partial charge on any atom is 0.161 e. The van der Waals surface area contributed by atoms with E-state index in [9.17, 15) is 0 Å². The van der Waals surface area contributed by atoms with Crippen LogP contribution in [0.4, 0.5) is 0 Å². The number of alkyl halides is 1. The Hall–Kier alpha value is 0.210. The highest BCUT2D eigenvalue weighted by atomic mass is 35.5. The van der Waals surface area contributed by atoms with Gasteiger partial charge in [-0.25, -0.2) is 0 Å². The summed E-state index contributed by atoms with van der Waals surface area (Å²) in [5, 5.41) is 0. The van der Waals surface area contributed by atoms with Gasteiger partial charge < -0.3 is 10.2 Å². The predicted molar refractivity (Wildman–Crippen MR) is 270 cm³/mol. The fourth-order valence-electron chi connectivity index (χ4n) is 8.85. The summed E-state index contributed by atoms with van der Waals surface area (Å²) >= 11 is 6.70. The first-order valence-corrected chi connectivity index (χ1v) is 28.1. The molecule has 0 rings (SSSR count). The molecule has 0 aromatic rings. The Balaban J connectivity index is 0. The van der Waals surface area contributed by atoms with E-state index in [4.69, 9.17) is 17.3 Å². The van der Waals surface area contributed by atoms with Gasteiger partial charge in [-0.2, -0.15) is 0 Å². The first-order valence-electron chi connectivity index (χ1n) is 27.7. The quantitative estimate of drug-likeness (QED) is 0.0281. The lowest BCUT2D eigenvalue weighted by atomic mass is 10.0. The molecule has 0 aliphatic carbocycles. The normalized spacial score (nSPS) is 12.3. The van der Waals surface area contributed by atoms with Gasteiger partial charge in [0.15, 0.2) is 5.50 Å². The van der Waals surface area contributed by atoms with Crippen LogP contribution in [0.25, 0.3) is 0 Å². The van der Waals surface area contributed by atoms with Crippen LogP contribution in [0.3, 0.4) is 0 Å². The van der Waals surface area contributed by atoms with E-state index in [1.807, 2.05) is 0 Å². The Morgan fingerprint density at radius 2 is 0.448 bits per heavy atom. The molecule has 0 aromatic heterocycles. The molecular formula is C55H116ClN2+. The van der Waals surface area contributed by atoms with Gasteiger partial charge in [0, 0.05) is 6.92 Å². The van der Waals surface area contributed by atoms with Crippen molar-refractivity contribution < 1.29 is 4.48 Å². The minimum absolute atomic E-state index is 0.239. The van der Waals surface area contributed by atoms with Crippen LogP contribution in [0.2, 0.25) is 0 Å². The van der Waals surface area contributed by atoms with Crippen molar-refractivity contribution in [3.63, 3.8) is 0 Å². The molecule has 3 heteroatoms. The number of hydrogen-bond donors (Lipinski definition) is 1. The zero-order valence-electron chi connectivity index (χ0n) is 41.6. The molecule has 0 heterocycles. The van der Waals surface area contributed by atoms with Crippen molar-refractivity contribution >= 4 is 11.6 Å². The maximum atomic E-state index is 6.70. The molecule has 0 amide bonds. The number of quaternary nitrogens is 1. The molecule has 0 aliphatic heterocycles. The van der Waals surface area contributed by atoms with E-state index < -0.39 is 0 Å². The number of nitrogens with two attached hydrogens (primary N) is 1. The topological polar surface area (TPSA) is 26.0 Å². The molecule has 0 aliphatic rings. The number of hydrogen-bond acceptors (Lipinski definition) is 1. The van der Waals surface area contributed by atoms with Gasteiger partial charge in [0.1, 0.15) is 0 Å². The van der Waals surface area contributed by atoms with Crippen molar-refractivity contribution in [3.05, 3.63) is 0 Å². The minimum Gasteiger partial charge on any atom is -0.330 e. The fourth-order valence-corrected chi connectivity index (χ4v) is 9.04. The van der Waals surface area contributed by atoms with Crippen LogP contribution in [-0.4, -0.2) is 36.7 Å². The summed E-state index contributed by atoms with van der Waals surface area (Å²) in [6.07, 6.45) is 66.0. The molecule has 0 aromatic carbocycles. The van der Waals surface area contributed by atoms with Crippen molar-refractivity contribution in [2.24, 2.45) is 5.73 Å². The van der Waals surface area contributed by atoms with Gasteiger partial charge in [-0.1, -0.05) is 296 Å². The molecule has 0 bridgehead atoms. The molecule has 0 fully saturated rings. The molecule has 2 N–H and O–H groups in total. The fraction of sp³-hybridized carbons (Fsp3) is 1.00. The minimum atomic E-state index is 0.239. The van der Waals surface area contributed by atoms with Crippen molar-refractivity contribution in [1.29, 1.82) is 0 Å². The van der Waals surface area contributed by atoms with E-state index >= 15 is 0 Å². The molecular weight excluding hydrogens is 724 g/mol. The molecule has 0 radical (unpaired) electrons. The van der Waals surface area contributed by atoms with Gasteiger partial charge in [-0.3, -0.25) is 0 Å². The number of unbranched alkanes of at least 4 members (excludes halogenated alkanes) is 43. The molecule has 1 atom stereocenters. The highest BCUT2D eigenvalue weighted by Gasteiger charge is 2.26. The first kappa shape index (κ1) is 60.3. The van der Waals surface area contributed by atoms with Gasteiger partial charge in [-0.05, 0) is 38.6 Å². The van der Waals surface area contributed by atoms with Gasteiger partial charge in [0.25, 0.3) is 0 Å². The van der Waals surface area contributed by atoms with Crippen molar-refractivity contribution in [2.75, 3.05) is 26.7 Å². The average molecular weight is 841 g/mol. The summed E-state index contributed by atoms with van der Waals surface area (Å²) in [5.74, 6) is 0. The van der Waals surface area contributed by atoms with Crippen molar-refractivity contribution in [1.82, 2.24) is 0 Å². The van der Waals surface area contributed by atoms with E-state index in [2.05, 4.69) is 34.7 Å². The second kappa shape index (κ2) is 53.3. The predicted octanol–water partition coefficient (Wildman–Crippen LogP) is 20.0. The van der Waals surface area contributed by atoms with Gasteiger partial charge >= 0.3 is 0 Å². The summed E-state index contributed by atoms with van der Waals surface area (Å²) in [5.41, 5.74) is 5.71. The Labute approximate surface area is 375 Å². The lowest BCUT2D eigenvalue weighted by molar-refractivity contribution is -0.919. The summed E-state index contributed by atoms with van der Waals surface area (Å²) in [7, 11) is 2.41. The Kier molecular flexibility index (Phi) is 55.5. The molecule has 0 spiro atoms. The number of rotatable bonds is 49. The van der Waals surface area contributed by atoms with Crippen LogP contribution < -0.4 is 5.73 Å². The summed E-state index contributed by atoms with van der Waals surface area (Å²) in [4.78, 5) is 0. The Morgan fingerprint density at radius 3 is 0.603 bits per heavy atom. The zero-order valence-corrected chi connectivity index (χ0v) is 42.4. The smallest absolute Gasteiger partial charge is 0.161 e. The lowest BCUT2D eigenvalue weighted by Gasteiger charge is -2.37. The van der Waals surface area contributed by atoms with Crippen LogP contribution in [0, 0.1) is 0 Å². The monoisotopic (exact) mass is 840 g/mol. The summed E-state index contributed by atoms with van der Waals surface area (Å²) in [6, 6.07) is 0. The molecule has 2 nitrogen and oxygen atoms in total. The van der Waals surface area contributed by atoms with Crippen LogP contribution in [0.1, 0.15) is 323 Å². The second-order valence-corrected chi connectivity index (χ2v) is 20.1. The Morgan fingerprint density at radius 1 is 0.293 bits per heavy atom. The zero-order chi connectivity index (χ0) is 42.7. The molecule has 58 heavy (non-hydrogen) atoms. The Bertz CT molecular complexity index is 645. The molecule has 0 saturated carbocycles. The van der Waals surface area contributed by atoms with Crippen molar-refractivity contribution in [3.8, 4) is 0 Å². The van der Waals surface area contributed by atoms with E-state index in [1.54, 1.807) is 0 Å². The lowest BCUT2D eigenvalue weighted by Crippen LogP contribution is -2.49. The summed E-state index contributed by atoms with van der Waals surface area (Å²) < 4.78 is 1.07. The molecule has 0 saturated heterocycles. The molecule has 1 unspecified atom stereocenters. The second-order valence-electron chi connectivity index (χ2n) is 19.5. The van der Waals surface area contributed by atoms with E-state index in [-0.39, 0.29) is 5.50 Å². The van der Waals surface area contributed by atoms with Crippen LogP contribution in [-0.2, 0) is 0 Å². The van der Waals surface area contributed by atoms with Crippen LogP contribution >= 0.6 is 11.6 Å². The average Bonchev–Trinajstić information content (AvgIpc) is 3.22. The first-order chi connectivity index (χ1) is 28.5. The highest BCUT2D eigenvalue weighted by Crippen LogP contribution is 2.21. The standard InChI is InChI=1S/C39H81ClN.C16H35N/c1-5-7-9-11-13-15-17-19-21-23-25-27-29-31-33-35-37-41(4,39(3)40)38-36-34-32-30-28-26-24-22-20-18-16-14-12-10-8-6-2;1-2-3-4-5-6-7-8-9-10-11-12-13-14-15-16-17/h39H,5-38H2,1-4H3;2-17H2,1H3/q+1;. The van der Waals surface area contributed by atoms with Gasteiger partial charge in [0.05, 0.1) is 20.1 Å². The van der Waals surface area contributed by atoms with E-state index in [1.165, 1.54) is 308 Å². The number of nitrogens with zero attached hydrogens (tertiary/aromatic N) is 1. The highest BCUT2D eigenvalue weighted by molar-refractivity contribution is 6.19. The van der Waals surface area contributed by atoms with E-state index in [0.717, 1.165) is 11.0 Å².